The van der Waals surface area contributed by atoms with E-state index >= 15 is 0 Å². The van der Waals surface area contributed by atoms with Gasteiger partial charge in [-0.1, -0.05) is 5.10 Å². The van der Waals surface area contributed by atoms with Crippen molar-refractivity contribution in [2.45, 2.75) is 0 Å². The monoisotopic (exact) mass is 129 g/mol. The van der Waals surface area contributed by atoms with Crippen LogP contribution in [0.15, 0.2) is 0 Å². The molecule has 0 saturated heterocycles. The average molecular weight is 129 g/mol. The molecule has 1 heterocycles. The molecule has 1 aromatic heterocycles. The van der Waals surface area contributed by atoms with Crippen LogP contribution >= 0.6 is 0 Å². The Balaban J connectivity index is 3.18. The van der Waals surface area contributed by atoms with Crippen molar-refractivity contribution in [2.75, 3.05) is 0 Å². The van der Waals surface area contributed by atoms with Gasteiger partial charge in [-0.15, -0.1) is 5.10 Å². The predicted octanol–water partition coefficient (Wildman–Crippen LogP) is -0.233. The first kappa shape index (κ1) is 5.87. The number of nitrogens with zero attached hydrogens (tertiary/aromatic N) is 3. The molecule has 5 heteroatoms. The van der Waals surface area contributed by atoms with E-state index in [2.05, 4.69) is 10.2 Å². The molecule has 1 aromatic rings. The van der Waals surface area contributed by atoms with Gasteiger partial charge >= 0.3 is 6.08 Å². The number of hydrogen-bond acceptors (Lipinski definition) is 3. The zero-order chi connectivity index (χ0) is 6.85. The second-order valence-corrected chi connectivity index (χ2v) is 1.50. The first-order chi connectivity index (χ1) is 4.25. The van der Waals surface area contributed by atoms with Gasteiger partial charge in [-0.3, -0.25) is 9.36 Å². The third-order valence-corrected chi connectivity index (χ3v) is 0.961. The number of aldehydes is 1. The van der Waals surface area contributed by atoms with E-state index in [1.165, 1.54) is 7.05 Å². The van der Waals surface area contributed by atoms with E-state index in [-0.39, 0.29) is 5.82 Å². The summed E-state index contributed by atoms with van der Waals surface area (Å²) in [6.07, 6.45) is -0.312. The first-order valence-electron chi connectivity index (χ1n) is 2.26. The summed E-state index contributed by atoms with van der Waals surface area (Å²) in [7, 11) is 1.37. The quantitative estimate of drug-likeness (QED) is 0.492. The lowest BCUT2D eigenvalue weighted by atomic mass is 10.7. The Morgan fingerprint density at radius 2 is 2.33 bits per heavy atom. The molecule has 4 nitrogen and oxygen atoms in total. The Hall–Kier alpha value is -1.26. The van der Waals surface area contributed by atoms with Crippen LogP contribution in [0.3, 0.4) is 0 Å². The van der Waals surface area contributed by atoms with E-state index in [0.29, 0.717) is 6.29 Å². The number of carbonyl (C=O) groups excluding carboxylic acids is 1. The van der Waals surface area contributed by atoms with Crippen LogP contribution in [0.4, 0.5) is 4.39 Å². The van der Waals surface area contributed by atoms with Crippen molar-refractivity contribution in [3.8, 4) is 0 Å². The fourth-order valence-electron chi connectivity index (χ4n) is 0.424. The van der Waals surface area contributed by atoms with Crippen LogP contribution in [0.5, 0.6) is 0 Å². The normalized spacial score (nSPS) is 9.56. The summed E-state index contributed by atoms with van der Waals surface area (Å²) in [5.74, 6) is -0.00694. The molecule has 0 spiro atoms. The molecule has 0 fully saturated rings. The highest BCUT2D eigenvalue weighted by molar-refractivity contribution is 5.68. The first-order valence-corrected chi connectivity index (χ1v) is 2.26. The van der Waals surface area contributed by atoms with Gasteiger partial charge in [0.05, 0.1) is 0 Å². The Bertz CT molecular complexity index is 232. The molecular formula is C4H4FN3O. The third-order valence-electron chi connectivity index (χ3n) is 0.961. The summed E-state index contributed by atoms with van der Waals surface area (Å²) >= 11 is 0. The minimum absolute atomic E-state index is 0.00694. The lowest BCUT2D eigenvalue weighted by molar-refractivity contribution is 0.111. The second-order valence-electron chi connectivity index (χ2n) is 1.50. The van der Waals surface area contributed by atoms with E-state index < -0.39 is 6.08 Å². The van der Waals surface area contributed by atoms with Gasteiger partial charge in [0.25, 0.3) is 0 Å². The van der Waals surface area contributed by atoms with E-state index in [9.17, 15) is 9.18 Å². The Morgan fingerprint density at radius 3 is 2.56 bits per heavy atom. The van der Waals surface area contributed by atoms with Gasteiger partial charge in [0.1, 0.15) is 0 Å². The van der Waals surface area contributed by atoms with Crippen molar-refractivity contribution in [1.29, 1.82) is 0 Å². The summed E-state index contributed by atoms with van der Waals surface area (Å²) in [6.45, 7) is 0. The van der Waals surface area contributed by atoms with Gasteiger partial charge < -0.3 is 0 Å². The number of hydrogen-bond donors (Lipinski definition) is 0. The molecule has 0 saturated carbocycles. The maximum Gasteiger partial charge on any atom is 0.309 e. The molecule has 0 aliphatic rings. The molecule has 0 unspecified atom stereocenters. The second kappa shape index (κ2) is 1.93. The van der Waals surface area contributed by atoms with Crippen LogP contribution in [0, 0.1) is 6.08 Å². The minimum Gasteiger partial charge on any atom is -0.294 e. The summed E-state index contributed by atoms with van der Waals surface area (Å²) in [6, 6.07) is 0. The summed E-state index contributed by atoms with van der Waals surface area (Å²) in [5, 5.41) is 6.21. The lowest BCUT2D eigenvalue weighted by Gasteiger charge is -1.86. The molecule has 0 amide bonds. The lowest BCUT2D eigenvalue weighted by Crippen LogP contribution is -1.97. The zero-order valence-corrected chi connectivity index (χ0v) is 4.71. The van der Waals surface area contributed by atoms with Gasteiger partial charge in [0, 0.05) is 7.05 Å². The summed E-state index contributed by atoms with van der Waals surface area (Å²) < 4.78 is 13.1. The van der Waals surface area contributed by atoms with Crippen LogP contribution in [0.2, 0.25) is 0 Å². The van der Waals surface area contributed by atoms with Gasteiger partial charge in [0.15, 0.2) is 12.1 Å². The van der Waals surface area contributed by atoms with Crippen molar-refractivity contribution in [3.63, 3.8) is 0 Å². The molecule has 0 aliphatic heterocycles. The molecule has 0 N–H and O–H groups in total. The third kappa shape index (κ3) is 0.802. The highest BCUT2D eigenvalue weighted by Crippen LogP contribution is 1.91. The largest absolute Gasteiger partial charge is 0.309 e. The highest BCUT2D eigenvalue weighted by Gasteiger charge is 2.03. The van der Waals surface area contributed by atoms with Gasteiger partial charge in [-0.05, 0) is 0 Å². The van der Waals surface area contributed by atoms with E-state index in [4.69, 9.17) is 0 Å². The Kier molecular flexibility index (Phi) is 1.26. The smallest absolute Gasteiger partial charge is 0.294 e. The van der Waals surface area contributed by atoms with E-state index in [0.717, 1.165) is 4.57 Å². The van der Waals surface area contributed by atoms with E-state index in [1.807, 2.05) is 0 Å². The Labute approximate surface area is 50.3 Å². The van der Waals surface area contributed by atoms with Gasteiger partial charge in [-0.25, -0.2) is 0 Å². The van der Waals surface area contributed by atoms with Crippen molar-refractivity contribution in [1.82, 2.24) is 14.8 Å². The molecule has 48 valence electrons. The van der Waals surface area contributed by atoms with Gasteiger partial charge in [0.2, 0.25) is 0 Å². The SMILES string of the molecule is Cn1c(F)nnc1C=O. The van der Waals surface area contributed by atoms with Crippen molar-refractivity contribution in [2.24, 2.45) is 7.05 Å². The van der Waals surface area contributed by atoms with Crippen molar-refractivity contribution in [3.05, 3.63) is 11.9 Å². The topological polar surface area (TPSA) is 47.8 Å². The minimum atomic E-state index is -0.753. The van der Waals surface area contributed by atoms with Gasteiger partial charge in [-0.2, -0.15) is 4.39 Å². The molecule has 0 bridgehead atoms. The summed E-state index contributed by atoms with van der Waals surface area (Å²) in [5.41, 5.74) is 0. The molecule has 0 atom stereocenters. The van der Waals surface area contributed by atoms with Crippen LogP contribution < -0.4 is 0 Å². The predicted molar refractivity (Wildman–Crippen MR) is 26.3 cm³/mol. The van der Waals surface area contributed by atoms with Crippen LogP contribution in [-0.2, 0) is 7.05 Å². The fraction of sp³-hybridized carbons (Fsp3) is 0.250. The standard InChI is InChI=1S/C4H4FN3O/c1-8-3(2-9)6-7-4(8)5/h2H,1H3. The van der Waals surface area contributed by atoms with Crippen molar-refractivity contribution < 1.29 is 9.18 Å². The maximum absolute atomic E-state index is 12.2. The van der Waals surface area contributed by atoms with E-state index in [1.54, 1.807) is 0 Å². The molecule has 1 rings (SSSR count). The van der Waals surface area contributed by atoms with Crippen LogP contribution in [-0.4, -0.2) is 21.1 Å². The van der Waals surface area contributed by atoms with Crippen LogP contribution in [0.1, 0.15) is 10.6 Å². The fourth-order valence-corrected chi connectivity index (χ4v) is 0.424. The molecule has 0 aromatic carbocycles. The highest BCUT2D eigenvalue weighted by atomic mass is 19.1. The average Bonchev–Trinajstić information content (AvgIpc) is 2.15. The number of rotatable bonds is 1. The van der Waals surface area contributed by atoms with Crippen molar-refractivity contribution >= 4 is 6.29 Å². The Morgan fingerprint density at radius 1 is 1.67 bits per heavy atom. The number of halogens is 1. The molecular weight excluding hydrogens is 125 g/mol. The number of aromatic nitrogens is 3. The zero-order valence-electron chi connectivity index (χ0n) is 4.71. The molecule has 0 radical (unpaired) electrons. The molecule has 0 aliphatic carbocycles. The summed E-state index contributed by atoms with van der Waals surface area (Å²) in [4.78, 5) is 9.95. The maximum atomic E-state index is 12.2. The van der Waals surface area contributed by atoms with Crippen LogP contribution in [0.25, 0.3) is 0 Å². The molecule has 9 heavy (non-hydrogen) atoms. The number of carbonyl (C=O) groups is 1.